The molecule has 2 unspecified atom stereocenters. The van der Waals surface area contributed by atoms with Crippen LogP contribution < -0.4 is 19.8 Å². The van der Waals surface area contributed by atoms with Crippen molar-refractivity contribution in [3.8, 4) is 5.75 Å². The largest absolute Gasteiger partial charge is 0.462 e. The second-order valence-corrected chi connectivity index (χ2v) is 12.6. The average Bonchev–Trinajstić information content (AvgIpc) is 3.17. The lowest BCUT2D eigenvalue weighted by Gasteiger charge is -2.32. The van der Waals surface area contributed by atoms with Gasteiger partial charge in [-0.05, 0) is 39.8 Å². The first kappa shape index (κ1) is 30.1. The zero-order valence-corrected chi connectivity index (χ0v) is 25.2. The zero-order valence-electron chi connectivity index (χ0n) is 24.3. The molecule has 16 heteroatoms. The van der Waals surface area contributed by atoms with E-state index >= 15 is 4.39 Å². The monoisotopic (exact) mass is 607 g/mol. The maximum atomic E-state index is 16.6. The smallest absolute Gasteiger partial charge is 0.459 e. The van der Waals surface area contributed by atoms with E-state index in [1.807, 2.05) is 0 Å². The van der Waals surface area contributed by atoms with Gasteiger partial charge in [-0.3, -0.25) is 13.9 Å². The lowest BCUT2D eigenvalue weighted by molar-refractivity contribution is -0.149. The Morgan fingerprint density at radius 2 is 1.93 bits per heavy atom. The number of esters is 1. The number of fused-ring (bicyclic) bond motifs is 2. The molecular formula is C26H35FN7O7P. The first-order valence-electron chi connectivity index (χ1n) is 13.4. The van der Waals surface area contributed by atoms with Gasteiger partial charge in [0, 0.05) is 21.1 Å². The first-order chi connectivity index (χ1) is 19.7. The first-order valence-corrected chi connectivity index (χ1v) is 14.9. The second kappa shape index (κ2) is 10.7. The fraction of sp³-hybridized carbons (Fsp3) is 0.538. The van der Waals surface area contributed by atoms with Gasteiger partial charge in [0.1, 0.15) is 24.0 Å². The average molecular weight is 608 g/mol. The maximum Gasteiger partial charge on any atom is 0.459 e. The number of ether oxygens (including phenoxy) is 2. The van der Waals surface area contributed by atoms with E-state index in [0.29, 0.717) is 11.3 Å². The Kier molecular flexibility index (Phi) is 7.69. The number of nitrogens with one attached hydrogen (secondary N) is 2. The number of rotatable bonds is 11. The molecule has 1 aliphatic heterocycles. The molecular weight excluding hydrogens is 572 g/mol. The van der Waals surface area contributed by atoms with Gasteiger partial charge in [-0.2, -0.15) is 15.1 Å². The van der Waals surface area contributed by atoms with Gasteiger partial charge in [0.25, 0.3) is 0 Å². The molecule has 1 saturated heterocycles. The summed E-state index contributed by atoms with van der Waals surface area (Å²) < 4.78 is 54.6. The lowest BCUT2D eigenvalue weighted by Crippen LogP contribution is -2.45. The normalized spacial score (nSPS) is 28.7. The van der Waals surface area contributed by atoms with Gasteiger partial charge >= 0.3 is 13.7 Å². The van der Waals surface area contributed by atoms with Gasteiger partial charge in [0.05, 0.1) is 12.4 Å². The van der Waals surface area contributed by atoms with Gasteiger partial charge < -0.3 is 29.3 Å². The molecule has 3 heterocycles. The summed E-state index contributed by atoms with van der Waals surface area (Å²) in [6.07, 6.45) is -3.02. The highest BCUT2D eigenvalue weighted by molar-refractivity contribution is 7.52. The topological polar surface area (TPSA) is 162 Å². The maximum absolute atomic E-state index is 16.6. The molecule has 2 aromatic heterocycles. The van der Waals surface area contributed by atoms with Crippen molar-refractivity contribution in [3.05, 3.63) is 36.7 Å². The summed E-state index contributed by atoms with van der Waals surface area (Å²) in [5.74, 6) is 0.256. The summed E-state index contributed by atoms with van der Waals surface area (Å²) in [4.78, 5) is 27.4. The highest BCUT2D eigenvalue weighted by Gasteiger charge is 2.85. The third kappa shape index (κ3) is 5.09. The standard InChI is InChI=1S/C26H35FN7O7P/c1-14(2)38-22(35)15(3)32-42(37,40-16-11-9-8-10-12-16)41-19-18-26(19,36)25(4,27)23(39-18)34-13-29-17-20(33(6)7)30-24(28-5)31-21(17)34/h8-15,18-19,23,36H,1-7H3,(H,32,37)(H,28,30,31)/t15-,18+,19?,23+,25-,26-,42?/m0/s1. The second-order valence-electron chi connectivity index (χ2n) is 10.9. The van der Waals surface area contributed by atoms with Gasteiger partial charge in [-0.1, -0.05) is 18.2 Å². The van der Waals surface area contributed by atoms with Crippen LogP contribution in [-0.2, 0) is 23.4 Å². The van der Waals surface area contributed by atoms with Gasteiger partial charge in [-0.15, -0.1) is 0 Å². The summed E-state index contributed by atoms with van der Waals surface area (Å²) in [6, 6.07) is 7.00. The number of hydrogen-bond acceptors (Lipinski definition) is 12. The Morgan fingerprint density at radius 1 is 1.24 bits per heavy atom. The number of aliphatic hydroxyl groups is 1. The Balaban J connectivity index is 1.42. The summed E-state index contributed by atoms with van der Waals surface area (Å²) in [5.41, 5.74) is -3.98. The van der Waals surface area contributed by atoms with E-state index in [9.17, 15) is 14.5 Å². The molecule has 3 N–H and O–H groups in total. The number of benzene rings is 1. The molecule has 228 valence electrons. The van der Waals surface area contributed by atoms with Crippen LogP contribution in [0.4, 0.5) is 16.2 Å². The molecule has 2 aliphatic rings. The Hall–Kier alpha value is -3.36. The van der Waals surface area contributed by atoms with Crippen LogP contribution >= 0.6 is 7.75 Å². The number of nitrogens with zero attached hydrogens (tertiary/aromatic N) is 5. The van der Waals surface area contributed by atoms with E-state index in [4.69, 9.17) is 18.5 Å². The van der Waals surface area contributed by atoms with Crippen molar-refractivity contribution in [3.63, 3.8) is 0 Å². The van der Waals surface area contributed by atoms with E-state index in [1.165, 1.54) is 36.9 Å². The number of imidazole rings is 1. The molecule has 1 aromatic carbocycles. The van der Waals surface area contributed by atoms with Crippen LogP contribution in [0.2, 0.25) is 0 Å². The quantitative estimate of drug-likeness (QED) is 0.216. The minimum absolute atomic E-state index is 0.166. The summed E-state index contributed by atoms with van der Waals surface area (Å²) >= 11 is 0. The van der Waals surface area contributed by atoms with Crippen LogP contribution in [0.15, 0.2) is 36.7 Å². The van der Waals surface area contributed by atoms with Crippen LogP contribution in [0.25, 0.3) is 11.2 Å². The van der Waals surface area contributed by atoms with E-state index in [1.54, 1.807) is 58.1 Å². The van der Waals surface area contributed by atoms with Crippen molar-refractivity contribution >= 4 is 36.6 Å². The predicted molar refractivity (Wildman–Crippen MR) is 151 cm³/mol. The Labute approximate surface area is 242 Å². The van der Waals surface area contributed by atoms with Crippen molar-refractivity contribution in [2.24, 2.45) is 0 Å². The molecule has 0 radical (unpaired) electrons. The van der Waals surface area contributed by atoms with Crippen LogP contribution in [0, 0.1) is 0 Å². The van der Waals surface area contributed by atoms with Crippen LogP contribution in [0.1, 0.15) is 33.9 Å². The predicted octanol–water partition coefficient (Wildman–Crippen LogP) is 2.81. The van der Waals surface area contributed by atoms with Gasteiger partial charge in [0.15, 0.2) is 34.5 Å². The number of para-hydroxylation sites is 1. The third-order valence-electron chi connectivity index (χ3n) is 7.14. The molecule has 2 fully saturated rings. The lowest BCUT2D eigenvalue weighted by atomic mass is 9.97. The van der Waals surface area contributed by atoms with Crippen molar-refractivity contribution in [2.45, 2.75) is 69.5 Å². The number of anilines is 2. The number of aromatic nitrogens is 4. The third-order valence-corrected chi connectivity index (χ3v) is 8.80. The molecule has 0 bridgehead atoms. The molecule has 0 spiro atoms. The molecule has 14 nitrogen and oxygen atoms in total. The van der Waals surface area contributed by atoms with E-state index in [-0.39, 0.29) is 17.3 Å². The summed E-state index contributed by atoms with van der Waals surface area (Å²) in [6.45, 7) is 5.94. The van der Waals surface area contributed by atoms with E-state index in [0.717, 1.165) is 0 Å². The molecule has 7 atom stereocenters. The van der Waals surface area contributed by atoms with Crippen molar-refractivity contribution in [1.82, 2.24) is 24.6 Å². The highest BCUT2D eigenvalue weighted by atomic mass is 31.2. The van der Waals surface area contributed by atoms with Gasteiger partial charge in [0.2, 0.25) is 5.95 Å². The van der Waals surface area contributed by atoms with Crippen LogP contribution in [0.3, 0.4) is 0 Å². The minimum Gasteiger partial charge on any atom is -0.462 e. The van der Waals surface area contributed by atoms with Crippen molar-refractivity contribution in [1.29, 1.82) is 0 Å². The number of halogens is 1. The molecule has 0 amide bonds. The molecule has 3 aromatic rings. The van der Waals surface area contributed by atoms with Crippen LogP contribution in [0.5, 0.6) is 5.75 Å². The van der Waals surface area contributed by atoms with Gasteiger partial charge in [-0.25, -0.2) is 13.9 Å². The minimum atomic E-state index is -4.40. The molecule has 1 aliphatic carbocycles. The number of carbonyl (C=O) groups excluding carboxylic acids is 1. The van der Waals surface area contributed by atoms with E-state index in [2.05, 4.69) is 25.4 Å². The number of carbonyl (C=O) groups is 1. The Bertz CT molecular complexity index is 1520. The van der Waals surface area contributed by atoms with Crippen molar-refractivity contribution < 1.29 is 37.4 Å². The summed E-state index contributed by atoms with van der Waals surface area (Å²) in [5, 5.41) is 16.9. The van der Waals surface area contributed by atoms with Crippen LogP contribution in [-0.4, -0.2) is 87.4 Å². The Morgan fingerprint density at radius 3 is 2.50 bits per heavy atom. The molecule has 42 heavy (non-hydrogen) atoms. The van der Waals surface area contributed by atoms with Crippen molar-refractivity contribution in [2.75, 3.05) is 31.4 Å². The summed E-state index contributed by atoms with van der Waals surface area (Å²) in [7, 11) is 0.834. The SMILES string of the molecule is CNc1nc(N(C)C)c2ncn([C@@H]3O[C@@H]4C(OP(=O)(N[C@@H](C)C(=O)OC(C)C)Oc5ccccc5)[C@]4(O)[C@@]3(C)F)c2n1. The molecule has 1 saturated carbocycles. The fourth-order valence-electron chi connectivity index (χ4n) is 4.94. The fourth-order valence-corrected chi connectivity index (χ4v) is 6.65. The number of alkyl halides is 1. The van der Waals surface area contributed by atoms with E-state index < -0.39 is 55.6 Å². The zero-order chi connectivity index (χ0) is 30.6. The number of hydrogen-bond donors (Lipinski definition) is 3. The molecule has 5 rings (SSSR count). The highest BCUT2D eigenvalue weighted by Crippen LogP contribution is 2.66.